The summed E-state index contributed by atoms with van der Waals surface area (Å²) >= 11 is 5.12. The Hall–Kier alpha value is -2.48. The zero-order valence-corrected chi connectivity index (χ0v) is 12.4. The molecule has 0 heterocycles. The molecule has 0 aliphatic carbocycles. The van der Waals surface area contributed by atoms with Gasteiger partial charge in [-0.2, -0.15) is 0 Å². The minimum atomic E-state index is -0.614. The maximum atomic E-state index is 11.8. The molecule has 0 aliphatic rings. The van der Waals surface area contributed by atoms with E-state index in [1.165, 1.54) is 31.2 Å². The molecule has 0 atom stereocenters. The standard InChI is InChI=1S/C13H15N3O4S/c1-3-20-13(17)11(8(2)14)12(21)15-9-4-6-10(7-5-9)16(18)19/h4-7H,3,14H2,1-2H3,(H,15,21)/b11-8+. The van der Waals surface area contributed by atoms with Gasteiger partial charge < -0.3 is 15.8 Å². The summed E-state index contributed by atoms with van der Waals surface area (Å²) in [5.41, 5.74) is 6.42. The summed E-state index contributed by atoms with van der Waals surface area (Å²) in [4.78, 5) is 21.9. The van der Waals surface area contributed by atoms with Crippen LogP contribution >= 0.6 is 12.2 Å². The van der Waals surface area contributed by atoms with E-state index in [0.29, 0.717) is 5.69 Å². The highest BCUT2D eigenvalue weighted by atomic mass is 32.1. The fourth-order valence-corrected chi connectivity index (χ4v) is 1.86. The second-order valence-corrected chi connectivity index (χ2v) is 4.44. The molecule has 1 rings (SSSR count). The molecule has 1 aromatic carbocycles. The first-order chi connectivity index (χ1) is 9.86. The molecule has 1 aromatic rings. The molecule has 21 heavy (non-hydrogen) atoms. The number of nitrogens with two attached hydrogens (primary N) is 1. The number of non-ortho nitro benzene ring substituents is 1. The van der Waals surface area contributed by atoms with Gasteiger partial charge in [0.05, 0.1) is 11.5 Å². The molecule has 0 bridgehead atoms. The van der Waals surface area contributed by atoms with Crippen molar-refractivity contribution in [3.05, 3.63) is 45.6 Å². The maximum absolute atomic E-state index is 11.8. The van der Waals surface area contributed by atoms with Crippen molar-refractivity contribution in [2.45, 2.75) is 13.8 Å². The van der Waals surface area contributed by atoms with Gasteiger partial charge in [0.25, 0.3) is 5.69 Å². The summed E-state index contributed by atoms with van der Waals surface area (Å²) in [6.07, 6.45) is 0. The van der Waals surface area contributed by atoms with Crippen molar-refractivity contribution in [2.75, 3.05) is 11.9 Å². The summed E-state index contributed by atoms with van der Waals surface area (Å²) in [7, 11) is 0. The molecule has 0 fully saturated rings. The molecule has 112 valence electrons. The first kappa shape index (κ1) is 16.6. The Kier molecular flexibility index (Phi) is 5.79. The third-order valence-corrected chi connectivity index (χ3v) is 2.74. The monoisotopic (exact) mass is 309 g/mol. The van der Waals surface area contributed by atoms with Crippen LogP contribution in [0.2, 0.25) is 0 Å². The van der Waals surface area contributed by atoms with Gasteiger partial charge in [-0.1, -0.05) is 12.2 Å². The Bertz CT molecular complexity index is 592. The molecular weight excluding hydrogens is 294 g/mol. The van der Waals surface area contributed by atoms with Crippen molar-refractivity contribution in [3.8, 4) is 0 Å². The molecule has 0 saturated heterocycles. The number of nitrogens with zero attached hydrogens (tertiary/aromatic N) is 1. The largest absolute Gasteiger partial charge is 0.462 e. The maximum Gasteiger partial charge on any atom is 0.342 e. The second kappa shape index (κ2) is 7.34. The summed E-state index contributed by atoms with van der Waals surface area (Å²) in [5, 5.41) is 13.4. The highest BCUT2D eigenvalue weighted by molar-refractivity contribution is 7.81. The Morgan fingerprint density at radius 2 is 2.00 bits per heavy atom. The van der Waals surface area contributed by atoms with Crippen LogP contribution in [0, 0.1) is 10.1 Å². The molecule has 7 nitrogen and oxygen atoms in total. The predicted molar refractivity (Wildman–Crippen MR) is 82.8 cm³/mol. The van der Waals surface area contributed by atoms with Crippen molar-refractivity contribution in [3.63, 3.8) is 0 Å². The van der Waals surface area contributed by atoms with E-state index in [4.69, 9.17) is 22.7 Å². The Morgan fingerprint density at radius 3 is 2.43 bits per heavy atom. The molecule has 0 unspecified atom stereocenters. The number of hydrogen-bond donors (Lipinski definition) is 2. The quantitative estimate of drug-likeness (QED) is 0.282. The van der Waals surface area contributed by atoms with Gasteiger partial charge in [0.1, 0.15) is 10.6 Å². The minimum Gasteiger partial charge on any atom is -0.462 e. The van der Waals surface area contributed by atoms with Gasteiger partial charge in [-0.05, 0) is 26.0 Å². The number of ether oxygens (including phenoxy) is 1. The average molecular weight is 309 g/mol. The lowest BCUT2D eigenvalue weighted by Crippen LogP contribution is -2.24. The number of carbonyl (C=O) groups excluding carboxylic acids is 1. The van der Waals surface area contributed by atoms with E-state index >= 15 is 0 Å². The van der Waals surface area contributed by atoms with E-state index < -0.39 is 10.9 Å². The van der Waals surface area contributed by atoms with Crippen LogP contribution in [0.15, 0.2) is 35.5 Å². The van der Waals surface area contributed by atoms with Gasteiger partial charge in [0, 0.05) is 23.5 Å². The third kappa shape index (κ3) is 4.53. The fourth-order valence-electron chi connectivity index (χ4n) is 1.50. The molecule has 0 amide bonds. The fraction of sp³-hybridized carbons (Fsp3) is 0.231. The van der Waals surface area contributed by atoms with Crippen LogP contribution in [0.25, 0.3) is 0 Å². The van der Waals surface area contributed by atoms with Crippen LogP contribution in [0.5, 0.6) is 0 Å². The molecule has 3 N–H and O–H groups in total. The molecular formula is C13H15N3O4S. The number of nitrogens with one attached hydrogen (secondary N) is 1. The van der Waals surface area contributed by atoms with Gasteiger partial charge >= 0.3 is 5.97 Å². The summed E-state index contributed by atoms with van der Waals surface area (Å²) in [6, 6.07) is 5.63. The number of hydrogen-bond acceptors (Lipinski definition) is 6. The Balaban J connectivity index is 2.90. The lowest BCUT2D eigenvalue weighted by Gasteiger charge is -2.12. The molecule has 0 radical (unpaired) electrons. The minimum absolute atomic E-state index is 0.0392. The molecule has 8 heteroatoms. The molecule has 0 spiro atoms. The Morgan fingerprint density at radius 1 is 1.43 bits per heavy atom. The van der Waals surface area contributed by atoms with Crippen molar-refractivity contribution >= 4 is 34.6 Å². The normalized spacial score (nSPS) is 11.3. The number of allylic oxidation sites excluding steroid dienone is 1. The van der Waals surface area contributed by atoms with Gasteiger partial charge in [-0.25, -0.2) is 4.79 Å². The van der Waals surface area contributed by atoms with Crippen molar-refractivity contribution < 1.29 is 14.5 Å². The Labute approximate surface area is 126 Å². The predicted octanol–water partition coefficient (Wildman–Crippen LogP) is 2.13. The van der Waals surface area contributed by atoms with Crippen LogP contribution < -0.4 is 11.1 Å². The van der Waals surface area contributed by atoms with Crippen LogP contribution in [-0.2, 0) is 9.53 Å². The number of rotatable bonds is 5. The summed E-state index contributed by atoms with van der Waals surface area (Å²) in [5.74, 6) is -0.614. The zero-order chi connectivity index (χ0) is 16.0. The number of nitro groups is 1. The van der Waals surface area contributed by atoms with Crippen molar-refractivity contribution in [1.29, 1.82) is 0 Å². The highest BCUT2D eigenvalue weighted by Crippen LogP contribution is 2.17. The molecule has 0 aromatic heterocycles. The number of nitro benzene ring substituents is 1. The van der Waals surface area contributed by atoms with Crippen LogP contribution in [0.1, 0.15) is 13.8 Å². The lowest BCUT2D eigenvalue weighted by molar-refractivity contribution is -0.384. The van der Waals surface area contributed by atoms with Gasteiger partial charge in [0.2, 0.25) is 0 Å². The van der Waals surface area contributed by atoms with E-state index in [0.717, 1.165) is 0 Å². The second-order valence-electron chi connectivity index (χ2n) is 4.04. The van der Waals surface area contributed by atoms with Crippen molar-refractivity contribution in [1.82, 2.24) is 0 Å². The van der Waals surface area contributed by atoms with Gasteiger partial charge in [0.15, 0.2) is 0 Å². The first-order valence-corrected chi connectivity index (χ1v) is 6.47. The number of thiocarbonyl (C=S) groups is 1. The van der Waals surface area contributed by atoms with Crippen molar-refractivity contribution in [2.24, 2.45) is 5.73 Å². The van der Waals surface area contributed by atoms with Gasteiger partial charge in [-0.15, -0.1) is 0 Å². The first-order valence-electron chi connectivity index (χ1n) is 6.06. The number of carbonyl (C=O) groups is 1. The van der Waals surface area contributed by atoms with E-state index in [-0.39, 0.29) is 28.6 Å². The number of benzene rings is 1. The summed E-state index contributed by atoms with van der Waals surface area (Å²) < 4.78 is 4.88. The topological polar surface area (TPSA) is 107 Å². The highest BCUT2D eigenvalue weighted by Gasteiger charge is 2.18. The van der Waals surface area contributed by atoms with Crippen LogP contribution in [-0.4, -0.2) is 22.5 Å². The summed E-state index contributed by atoms with van der Waals surface area (Å²) in [6.45, 7) is 3.42. The molecule has 0 saturated carbocycles. The van der Waals surface area contributed by atoms with Gasteiger partial charge in [-0.3, -0.25) is 10.1 Å². The van der Waals surface area contributed by atoms with E-state index in [2.05, 4.69) is 5.32 Å². The SMILES string of the molecule is CCOC(=O)/C(C(=S)Nc1ccc([N+](=O)[O-])cc1)=C(\C)N. The van der Waals surface area contributed by atoms with E-state index in [1.54, 1.807) is 6.92 Å². The molecule has 0 aliphatic heterocycles. The lowest BCUT2D eigenvalue weighted by atomic mass is 10.2. The smallest absolute Gasteiger partial charge is 0.342 e. The van der Waals surface area contributed by atoms with Crippen LogP contribution in [0.4, 0.5) is 11.4 Å². The zero-order valence-electron chi connectivity index (χ0n) is 11.6. The number of esters is 1. The van der Waals surface area contributed by atoms with E-state index in [1.807, 2.05) is 0 Å². The third-order valence-electron chi connectivity index (χ3n) is 2.44. The van der Waals surface area contributed by atoms with Crippen LogP contribution in [0.3, 0.4) is 0 Å². The number of anilines is 1. The average Bonchev–Trinajstić information content (AvgIpc) is 2.39. The van der Waals surface area contributed by atoms with E-state index in [9.17, 15) is 14.9 Å².